The van der Waals surface area contributed by atoms with E-state index in [-0.39, 0.29) is 0 Å². The van der Waals surface area contributed by atoms with Crippen LogP contribution >= 0.6 is 15.9 Å². The van der Waals surface area contributed by atoms with Gasteiger partial charge in [-0.25, -0.2) is 0 Å². The molecule has 0 atom stereocenters. The van der Waals surface area contributed by atoms with Crippen molar-refractivity contribution in [2.75, 3.05) is 7.11 Å². The minimum Gasteiger partial charge on any atom is -0.364 e. The molecule has 0 aliphatic heterocycles. The first-order valence-corrected chi connectivity index (χ1v) is 5.29. The predicted molar refractivity (Wildman–Crippen MR) is 62.0 cm³/mol. The van der Waals surface area contributed by atoms with Gasteiger partial charge in [0.15, 0.2) is 6.29 Å². The molecular formula is C11H10BrNO2. The van der Waals surface area contributed by atoms with Gasteiger partial charge in [0.1, 0.15) is 6.73 Å². The molecule has 1 aromatic carbocycles. The maximum atomic E-state index is 11.0. The highest BCUT2D eigenvalue weighted by Gasteiger charge is 2.13. The van der Waals surface area contributed by atoms with Crippen LogP contribution in [0.5, 0.6) is 0 Å². The Morgan fingerprint density at radius 3 is 2.87 bits per heavy atom. The van der Waals surface area contributed by atoms with E-state index in [0.717, 1.165) is 21.8 Å². The molecule has 3 nitrogen and oxygen atoms in total. The molecule has 0 aliphatic rings. The lowest BCUT2D eigenvalue weighted by molar-refractivity contribution is 0.112. The van der Waals surface area contributed by atoms with Crippen LogP contribution in [0.15, 0.2) is 28.9 Å². The number of methoxy groups -OCH3 is 1. The number of benzene rings is 1. The third kappa shape index (κ3) is 1.60. The standard InChI is InChI=1S/C11H10BrNO2/c1-15-7-13-10-5-3-2-4-8(10)9(6-14)11(13)12/h2-6H,7H2,1H3. The number of para-hydroxylation sites is 1. The van der Waals surface area contributed by atoms with Gasteiger partial charge >= 0.3 is 0 Å². The zero-order chi connectivity index (χ0) is 10.8. The summed E-state index contributed by atoms with van der Waals surface area (Å²) in [4.78, 5) is 11.0. The van der Waals surface area contributed by atoms with Crippen LogP contribution in [0.1, 0.15) is 10.4 Å². The van der Waals surface area contributed by atoms with Gasteiger partial charge in [-0.05, 0) is 22.0 Å². The fourth-order valence-corrected chi connectivity index (χ4v) is 2.27. The van der Waals surface area contributed by atoms with Crippen molar-refractivity contribution in [2.24, 2.45) is 0 Å². The normalized spacial score (nSPS) is 10.8. The molecule has 78 valence electrons. The van der Waals surface area contributed by atoms with Crippen LogP contribution in [-0.2, 0) is 11.5 Å². The summed E-state index contributed by atoms with van der Waals surface area (Å²) in [5.74, 6) is 0. The van der Waals surface area contributed by atoms with Crippen LogP contribution in [0.25, 0.3) is 10.9 Å². The molecule has 2 rings (SSSR count). The maximum absolute atomic E-state index is 11.0. The van der Waals surface area contributed by atoms with Crippen molar-refractivity contribution in [3.05, 3.63) is 34.4 Å². The second-order valence-electron chi connectivity index (χ2n) is 3.19. The molecule has 0 fully saturated rings. The van der Waals surface area contributed by atoms with E-state index in [1.807, 2.05) is 28.8 Å². The van der Waals surface area contributed by atoms with E-state index in [2.05, 4.69) is 15.9 Å². The van der Waals surface area contributed by atoms with E-state index in [1.54, 1.807) is 7.11 Å². The van der Waals surface area contributed by atoms with Crippen LogP contribution in [0.4, 0.5) is 0 Å². The van der Waals surface area contributed by atoms with E-state index in [1.165, 1.54) is 0 Å². The largest absolute Gasteiger partial charge is 0.364 e. The molecule has 0 aliphatic carbocycles. The van der Waals surface area contributed by atoms with E-state index < -0.39 is 0 Å². The van der Waals surface area contributed by atoms with Crippen LogP contribution < -0.4 is 0 Å². The molecule has 0 saturated carbocycles. The van der Waals surface area contributed by atoms with E-state index >= 15 is 0 Å². The van der Waals surface area contributed by atoms with Crippen molar-refractivity contribution in [2.45, 2.75) is 6.73 Å². The van der Waals surface area contributed by atoms with E-state index in [4.69, 9.17) is 4.74 Å². The summed E-state index contributed by atoms with van der Waals surface area (Å²) in [6, 6.07) is 7.75. The van der Waals surface area contributed by atoms with E-state index in [0.29, 0.717) is 12.3 Å². The predicted octanol–water partition coefficient (Wildman–Crippen LogP) is 2.82. The molecule has 4 heteroatoms. The monoisotopic (exact) mass is 267 g/mol. The van der Waals surface area contributed by atoms with Crippen molar-refractivity contribution in [1.82, 2.24) is 4.57 Å². The number of halogens is 1. The maximum Gasteiger partial charge on any atom is 0.153 e. The Kier molecular flexibility index (Phi) is 2.88. The van der Waals surface area contributed by atoms with Gasteiger partial charge in [0, 0.05) is 12.5 Å². The van der Waals surface area contributed by atoms with Crippen LogP contribution in [0.3, 0.4) is 0 Å². The zero-order valence-electron chi connectivity index (χ0n) is 8.24. The highest BCUT2D eigenvalue weighted by atomic mass is 79.9. The van der Waals surface area contributed by atoms with Crippen molar-refractivity contribution < 1.29 is 9.53 Å². The average Bonchev–Trinajstić information content (AvgIpc) is 2.53. The molecule has 0 bridgehead atoms. The fraction of sp³-hybridized carbons (Fsp3) is 0.182. The minimum absolute atomic E-state index is 0.426. The number of hydrogen-bond acceptors (Lipinski definition) is 2. The summed E-state index contributed by atoms with van der Waals surface area (Å²) in [5.41, 5.74) is 1.66. The Balaban J connectivity index is 2.78. The molecule has 1 aromatic heterocycles. The summed E-state index contributed by atoms with van der Waals surface area (Å²) in [7, 11) is 1.63. The lowest BCUT2D eigenvalue weighted by Crippen LogP contribution is -1.99. The lowest BCUT2D eigenvalue weighted by Gasteiger charge is -2.04. The second-order valence-corrected chi connectivity index (χ2v) is 3.94. The van der Waals surface area contributed by atoms with Crippen molar-refractivity contribution >= 4 is 33.1 Å². The quantitative estimate of drug-likeness (QED) is 0.801. The van der Waals surface area contributed by atoms with Gasteiger partial charge in [-0.2, -0.15) is 0 Å². The average molecular weight is 268 g/mol. The number of ether oxygens (including phenoxy) is 1. The first kappa shape index (κ1) is 10.4. The summed E-state index contributed by atoms with van der Waals surface area (Å²) in [6.07, 6.45) is 0.860. The molecule has 2 aromatic rings. The number of hydrogen-bond donors (Lipinski definition) is 0. The third-order valence-electron chi connectivity index (χ3n) is 2.32. The first-order valence-electron chi connectivity index (χ1n) is 4.50. The number of carbonyl (C=O) groups is 1. The molecule has 0 saturated heterocycles. The van der Waals surface area contributed by atoms with Crippen LogP contribution in [-0.4, -0.2) is 18.0 Å². The minimum atomic E-state index is 0.426. The Morgan fingerprint density at radius 2 is 2.20 bits per heavy atom. The number of nitrogens with zero attached hydrogens (tertiary/aromatic N) is 1. The highest BCUT2D eigenvalue weighted by Crippen LogP contribution is 2.28. The zero-order valence-corrected chi connectivity index (χ0v) is 9.82. The van der Waals surface area contributed by atoms with Gasteiger partial charge in [0.25, 0.3) is 0 Å². The van der Waals surface area contributed by atoms with Crippen molar-refractivity contribution in [1.29, 1.82) is 0 Å². The molecular weight excluding hydrogens is 258 g/mol. The molecule has 15 heavy (non-hydrogen) atoms. The molecule has 0 amide bonds. The summed E-state index contributed by atoms with van der Waals surface area (Å²) in [6.45, 7) is 0.426. The van der Waals surface area contributed by atoms with Gasteiger partial charge in [0.2, 0.25) is 0 Å². The number of rotatable bonds is 3. The Hall–Kier alpha value is -1.13. The third-order valence-corrected chi connectivity index (χ3v) is 3.18. The van der Waals surface area contributed by atoms with Gasteiger partial charge in [-0.3, -0.25) is 4.79 Å². The van der Waals surface area contributed by atoms with Crippen molar-refractivity contribution in [3.8, 4) is 0 Å². The first-order chi connectivity index (χ1) is 7.29. The van der Waals surface area contributed by atoms with Gasteiger partial charge in [-0.1, -0.05) is 18.2 Å². The number of carbonyl (C=O) groups excluding carboxylic acids is 1. The van der Waals surface area contributed by atoms with Gasteiger partial charge in [0.05, 0.1) is 15.7 Å². The van der Waals surface area contributed by atoms with Gasteiger partial charge in [-0.15, -0.1) is 0 Å². The molecule has 0 radical (unpaired) electrons. The molecule has 0 N–H and O–H groups in total. The number of aromatic nitrogens is 1. The SMILES string of the molecule is COCn1c(Br)c(C=O)c2ccccc21. The second kappa shape index (κ2) is 4.16. The summed E-state index contributed by atoms with van der Waals surface area (Å²) < 4.78 is 7.77. The Morgan fingerprint density at radius 1 is 1.47 bits per heavy atom. The van der Waals surface area contributed by atoms with Gasteiger partial charge < -0.3 is 9.30 Å². The number of aldehydes is 1. The fourth-order valence-electron chi connectivity index (χ4n) is 1.67. The topological polar surface area (TPSA) is 31.2 Å². The summed E-state index contributed by atoms with van der Waals surface area (Å²) in [5, 5.41) is 0.941. The summed E-state index contributed by atoms with van der Waals surface area (Å²) >= 11 is 3.41. The smallest absolute Gasteiger partial charge is 0.153 e. The van der Waals surface area contributed by atoms with Crippen LogP contribution in [0, 0.1) is 0 Å². The molecule has 0 unspecified atom stereocenters. The molecule has 1 heterocycles. The Bertz CT molecular complexity index is 505. The van der Waals surface area contributed by atoms with E-state index in [9.17, 15) is 4.79 Å². The Labute approximate surface area is 95.8 Å². The van der Waals surface area contributed by atoms with Crippen molar-refractivity contribution in [3.63, 3.8) is 0 Å². The highest BCUT2D eigenvalue weighted by molar-refractivity contribution is 9.10. The number of fused-ring (bicyclic) bond motifs is 1. The van der Waals surface area contributed by atoms with Crippen LogP contribution in [0.2, 0.25) is 0 Å². The lowest BCUT2D eigenvalue weighted by atomic mass is 10.2. The molecule has 0 spiro atoms.